The number of rotatable bonds is 2. The molecule has 0 unspecified atom stereocenters. The van der Waals surface area contributed by atoms with E-state index >= 15 is 0 Å². The van der Waals surface area contributed by atoms with E-state index in [9.17, 15) is 0 Å². The Morgan fingerprint density at radius 2 is 1.95 bits per heavy atom. The van der Waals surface area contributed by atoms with Crippen LogP contribution in [0.4, 0.5) is 5.69 Å². The maximum absolute atomic E-state index is 6.48. The van der Waals surface area contributed by atoms with Gasteiger partial charge in [0.15, 0.2) is 0 Å². The number of halogens is 1. The topological polar surface area (TPSA) is 29.3 Å². The van der Waals surface area contributed by atoms with Gasteiger partial charge in [-0.05, 0) is 49.8 Å². The lowest BCUT2D eigenvalue weighted by Gasteiger charge is -2.45. The molecule has 1 saturated carbocycles. The molecule has 0 aromatic heterocycles. The van der Waals surface area contributed by atoms with Crippen molar-refractivity contribution in [2.24, 2.45) is 11.7 Å². The molecule has 1 heterocycles. The van der Waals surface area contributed by atoms with E-state index in [0.29, 0.717) is 11.0 Å². The molecular formula is C16H21ClN2S. The molecule has 2 nitrogen and oxygen atoms in total. The first-order chi connectivity index (χ1) is 9.66. The summed E-state index contributed by atoms with van der Waals surface area (Å²) in [5.74, 6) is 0.851. The molecule has 4 heteroatoms. The molecule has 2 atom stereocenters. The lowest BCUT2D eigenvalue weighted by Crippen LogP contribution is -2.47. The van der Waals surface area contributed by atoms with Crippen molar-refractivity contribution in [3.63, 3.8) is 0 Å². The van der Waals surface area contributed by atoms with Crippen LogP contribution in [0, 0.1) is 5.92 Å². The zero-order valence-corrected chi connectivity index (χ0v) is 13.2. The van der Waals surface area contributed by atoms with Crippen molar-refractivity contribution in [1.82, 2.24) is 0 Å². The molecule has 1 aromatic rings. The van der Waals surface area contributed by atoms with Gasteiger partial charge in [0.05, 0.1) is 10.7 Å². The summed E-state index contributed by atoms with van der Waals surface area (Å²) in [5.41, 5.74) is 7.69. The standard InChI is InChI=1S/C16H21ClN2S/c17-13-10-12(16(18)20)7-8-15(13)19-9-3-5-11-4-1-2-6-14(11)19/h7-8,10-11,14H,1-6,9H2,(H2,18,20)/t11-,14-/m1/s1. The van der Waals surface area contributed by atoms with Gasteiger partial charge in [-0.15, -0.1) is 0 Å². The molecule has 0 amide bonds. The molecule has 0 spiro atoms. The van der Waals surface area contributed by atoms with E-state index in [-0.39, 0.29) is 0 Å². The summed E-state index contributed by atoms with van der Waals surface area (Å²) >= 11 is 11.5. The summed E-state index contributed by atoms with van der Waals surface area (Å²) in [6.07, 6.45) is 8.07. The zero-order valence-electron chi connectivity index (χ0n) is 11.6. The van der Waals surface area contributed by atoms with Gasteiger partial charge in [-0.1, -0.05) is 36.7 Å². The number of anilines is 1. The van der Waals surface area contributed by atoms with Crippen LogP contribution < -0.4 is 10.6 Å². The number of hydrogen-bond acceptors (Lipinski definition) is 2. The maximum Gasteiger partial charge on any atom is 0.104 e. The van der Waals surface area contributed by atoms with E-state index in [0.717, 1.165) is 28.7 Å². The fourth-order valence-corrected chi connectivity index (χ4v) is 4.23. The van der Waals surface area contributed by atoms with Crippen LogP contribution in [-0.2, 0) is 0 Å². The molecule has 3 rings (SSSR count). The van der Waals surface area contributed by atoms with Gasteiger partial charge in [0, 0.05) is 18.2 Å². The van der Waals surface area contributed by atoms with E-state index in [4.69, 9.17) is 29.6 Å². The summed E-state index contributed by atoms with van der Waals surface area (Å²) in [6, 6.07) is 6.67. The van der Waals surface area contributed by atoms with Crippen LogP contribution in [0.15, 0.2) is 18.2 Å². The minimum Gasteiger partial charge on any atom is -0.389 e. The number of piperidine rings is 1. The van der Waals surface area contributed by atoms with Crippen LogP contribution in [0.2, 0.25) is 5.02 Å². The van der Waals surface area contributed by atoms with Gasteiger partial charge in [-0.25, -0.2) is 0 Å². The van der Waals surface area contributed by atoms with Crippen LogP contribution in [0.5, 0.6) is 0 Å². The van der Waals surface area contributed by atoms with Crippen molar-refractivity contribution in [3.05, 3.63) is 28.8 Å². The molecule has 20 heavy (non-hydrogen) atoms. The Kier molecular flexibility index (Phi) is 4.18. The number of benzene rings is 1. The molecule has 108 valence electrons. The van der Waals surface area contributed by atoms with Gasteiger partial charge in [-0.2, -0.15) is 0 Å². The molecule has 2 fully saturated rings. The summed E-state index contributed by atoms with van der Waals surface area (Å²) in [4.78, 5) is 2.94. The fraction of sp³-hybridized carbons (Fsp3) is 0.562. The first-order valence-electron chi connectivity index (χ1n) is 7.53. The first kappa shape index (κ1) is 14.2. The molecule has 0 radical (unpaired) electrons. The number of nitrogens with zero attached hydrogens (tertiary/aromatic N) is 1. The number of nitrogens with two attached hydrogens (primary N) is 1. The predicted octanol–water partition coefficient (Wildman–Crippen LogP) is 4.13. The van der Waals surface area contributed by atoms with Gasteiger partial charge in [0.25, 0.3) is 0 Å². The number of hydrogen-bond donors (Lipinski definition) is 1. The molecule has 1 aliphatic carbocycles. The molecule has 0 bridgehead atoms. The van der Waals surface area contributed by atoms with E-state index in [2.05, 4.69) is 11.0 Å². The first-order valence-corrected chi connectivity index (χ1v) is 8.31. The summed E-state index contributed by atoms with van der Waals surface area (Å²) < 4.78 is 0. The Morgan fingerprint density at radius 1 is 1.20 bits per heavy atom. The molecule has 2 N–H and O–H groups in total. The van der Waals surface area contributed by atoms with Crippen LogP contribution in [-0.4, -0.2) is 17.6 Å². The number of fused-ring (bicyclic) bond motifs is 1. The molecule has 1 aromatic carbocycles. The molecular weight excluding hydrogens is 288 g/mol. The van der Waals surface area contributed by atoms with Gasteiger partial charge < -0.3 is 10.6 Å². The van der Waals surface area contributed by atoms with E-state index in [1.165, 1.54) is 38.5 Å². The van der Waals surface area contributed by atoms with Crippen LogP contribution >= 0.6 is 23.8 Å². The van der Waals surface area contributed by atoms with Gasteiger partial charge in [0.1, 0.15) is 4.99 Å². The van der Waals surface area contributed by atoms with Crippen molar-refractivity contribution in [1.29, 1.82) is 0 Å². The highest BCUT2D eigenvalue weighted by Gasteiger charge is 2.33. The predicted molar refractivity (Wildman–Crippen MR) is 89.7 cm³/mol. The largest absolute Gasteiger partial charge is 0.389 e. The van der Waals surface area contributed by atoms with Crippen molar-refractivity contribution in [2.45, 2.75) is 44.6 Å². The van der Waals surface area contributed by atoms with E-state index < -0.39 is 0 Å². The van der Waals surface area contributed by atoms with Crippen molar-refractivity contribution in [3.8, 4) is 0 Å². The Bertz CT molecular complexity index is 515. The quantitative estimate of drug-likeness (QED) is 0.833. The Morgan fingerprint density at radius 3 is 2.70 bits per heavy atom. The Hall–Kier alpha value is -0.800. The van der Waals surface area contributed by atoms with Crippen molar-refractivity contribution in [2.75, 3.05) is 11.4 Å². The maximum atomic E-state index is 6.48. The average Bonchev–Trinajstić information content (AvgIpc) is 2.46. The van der Waals surface area contributed by atoms with Crippen molar-refractivity contribution >= 4 is 34.5 Å². The summed E-state index contributed by atoms with van der Waals surface area (Å²) in [5, 5.41) is 0.779. The minimum atomic E-state index is 0.410. The van der Waals surface area contributed by atoms with Crippen LogP contribution in [0.1, 0.15) is 44.1 Å². The van der Waals surface area contributed by atoms with E-state index in [1.807, 2.05) is 12.1 Å². The normalized spacial score (nSPS) is 26.1. The monoisotopic (exact) mass is 308 g/mol. The van der Waals surface area contributed by atoms with Crippen molar-refractivity contribution < 1.29 is 0 Å². The lowest BCUT2D eigenvalue weighted by atomic mass is 9.78. The minimum absolute atomic E-state index is 0.410. The highest BCUT2D eigenvalue weighted by Crippen LogP contribution is 2.40. The second-order valence-electron chi connectivity index (χ2n) is 5.98. The average molecular weight is 309 g/mol. The zero-order chi connectivity index (χ0) is 14.1. The highest BCUT2D eigenvalue weighted by atomic mass is 35.5. The smallest absolute Gasteiger partial charge is 0.104 e. The third kappa shape index (κ3) is 2.66. The van der Waals surface area contributed by atoms with Gasteiger partial charge >= 0.3 is 0 Å². The van der Waals surface area contributed by atoms with Gasteiger partial charge in [-0.3, -0.25) is 0 Å². The third-order valence-electron chi connectivity index (χ3n) is 4.78. The SMILES string of the molecule is NC(=S)c1ccc(N2CCC[C@H]3CCCC[C@H]32)c(Cl)c1. The fourth-order valence-electron chi connectivity index (χ4n) is 3.82. The van der Waals surface area contributed by atoms with Gasteiger partial charge in [0.2, 0.25) is 0 Å². The second-order valence-corrected chi connectivity index (χ2v) is 6.82. The molecule has 1 saturated heterocycles. The highest BCUT2D eigenvalue weighted by molar-refractivity contribution is 7.80. The number of thiocarbonyl (C=S) groups is 1. The van der Waals surface area contributed by atoms with E-state index in [1.54, 1.807) is 0 Å². The van der Waals surface area contributed by atoms with Crippen LogP contribution in [0.3, 0.4) is 0 Å². The summed E-state index contributed by atoms with van der Waals surface area (Å²) in [7, 11) is 0. The second kappa shape index (κ2) is 5.90. The molecule has 1 aliphatic heterocycles. The third-order valence-corrected chi connectivity index (χ3v) is 5.32. The van der Waals surface area contributed by atoms with Crippen LogP contribution in [0.25, 0.3) is 0 Å². The summed E-state index contributed by atoms with van der Waals surface area (Å²) in [6.45, 7) is 1.12. The lowest BCUT2D eigenvalue weighted by molar-refractivity contribution is 0.244. The Labute approximate surface area is 131 Å². The Balaban J connectivity index is 1.89. The molecule has 2 aliphatic rings.